The maximum atomic E-state index is 11.8. The Balaban J connectivity index is 2.22. The van der Waals surface area contributed by atoms with E-state index in [1.54, 1.807) is 12.0 Å². The molecule has 0 bridgehead atoms. The molecule has 1 fully saturated rings. The van der Waals surface area contributed by atoms with Crippen LogP contribution in [-0.2, 0) is 9.47 Å². The Morgan fingerprint density at radius 1 is 1.44 bits per heavy atom. The van der Waals surface area contributed by atoms with Gasteiger partial charge in [0.1, 0.15) is 5.60 Å². The molecule has 0 radical (unpaired) electrons. The lowest BCUT2D eigenvalue weighted by Crippen LogP contribution is -2.38. The zero-order valence-corrected chi connectivity index (χ0v) is 12.0. The summed E-state index contributed by atoms with van der Waals surface area (Å²) in [6.07, 6.45) is 1.79. The van der Waals surface area contributed by atoms with Crippen LogP contribution in [0, 0.1) is 0 Å². The van der Waals surface area contributed by atoms with Crippen molar-refractivity contribution >= 4 is 6.09 Å². The molecule has 1 aliphatic rings. The summed E-state index contributed by atoms with van der Waals surface area (Å²) in [6, 6.07) is 0.384. The second kappa shape index (κ2) is 6.95. The number of carbonyl (C=O) groups excluding carboxylic acids is 1. The minimum atomic E-state index is -0.416. The minimum absolute atomic E-state index is 0.205. The van der Waals surface area contributed by atoms with E-state index >= 15 is 0 Å². The quantitative estimate of drug-likeness (QED) is 0.761. The summed E-state index contributed by atoms with van der Waals surface area (Å²) < 4.78 is 10.3. The second-order valence-electron chi connectivity index (χ2n) is 5.71. The average molecular weight is 258 g/mol. The molecule has 106 valence electrons. The average Bonchev–Trinajstić information content (AvgIpc) is 2.71. The third-order valence-electron chi connectivity index (χ3n) is 2.80. The van der Waals surface area contributed by atoms with E-state index in [9.17, 15) is 4.79 Å². The molecule has 0 spiro atoms. The summed E-state index contributed by atoms with van der Waals surface area (Å²) >= 11 is 0. The minimum Gasteiger partial charge on any atom is -0.444 e. The smallest absolute Gasteiger partial charge is 0.410 e. The Bertz CT molecular complexity index is 263. The van der Waals surface area contributed by atoms with Crippen LogP contribution in [0.4, 0.5) is 4.79 Å². The Morgan fingerprint density at radius 2 is 2.17 bits per heavy atom. The van der Waals surface area contributed by atoms with Crippen molar-refractivity contribution in [1.29, 1.82) is 0 Å². The molecule has 0 aromatic heterocycles. The van der Waals surface area contributed by atoms with Gasteiger partial charge in [-0.2, -0.15) is 0 Å². The third kappa shape index (κ3) is 5.69. The number of amides is 1. The van der Waals surface area contributed by atoms with E-state index in [0.29, 0.717) is 6.04 Å². The first kappa shape index (κ1) is 15.2. The molecule has 1 amide bonds. The first-order chi connectivity index (χ1) is 8.42. The van der Waals surface area contributed by atoms with Crippen molar-refractivity contribution in [2.75, 3.05) is 33.4 Å². The van der Waals surface area contributed by atoms with Crippen LogP contribution < -0.4 is 5.32 Å². The van der Waals surface area contributed by atoms with Crippen molar-refractivity contribution in [2.45, 2.75) is 45.3 Å². The third-order valence-corrected chi connectivity index (χ3v) is 2.80. The highest BCUT2D eigenvalue weighted by atomic mass is 16.6. The molecular formula is C13H26N2O3. The van der Waals surface area contributed by atoms with E-state index in [0.717, 1.165) is 39.1 Å². The fourth-order valence-electron chi connectivity index (χ4n) is 1.94. The molecule has 0 aliphatic carbocycles. The molecule has 5 heteroatoms. The molecule has 0 aromatic rings. The molecule has 1 heterocycles. The molecule has 1 aliphatic heterocycles. The lowest BCUT2D eigenvalue weighted by Gasteiger charge is -2.24. The van der Waals surface area contributed by atoms with Gasteiger partial charge in [0.05, 0.1) is 0 Å². The Kier molecular flexibility index (Phi) is 5.88. The SMILES string of the molecule is COCCCN[C@H]1CCN(C(=O)OC(C)(C)C)C1. The standard InChI is InChI=1S/C13H26N2O3/c1-13(2,3)18-12(16)15-8-6-11(10-15)14-7-5-9-17-4/h11,14H,5-10H2,1-4H3/t11-/m0/s1. The molecule has 1 N–H and O–H groups in total. The van der Waals surface area contributed by atoms with Gasteiger partial charge < -0.3 is 19.7 Å². The van der Waals surface area contributed by atoms with Gasteiger partial charge in [0, 0.05) is 32.8 Å². The van der Waals surface area contributed by atoms with Crippen molar-refractivity contribution in [3.8, 4) is 0 Å². The summed E-state index contributed by atoms with van der Waals surface area (Å²) in [5.41, 5.74) is -0.416. The molecule has 0 unspecified atom stereocenters. The number of nitrogens with one attached hydrogen (secondary N) is 1. The first-order valence-corrected chi connectivity index (χ1v) is 6.62. The van der Waals surface area contributed by atoms with Crippen molar-refractivity contribution in [3.05, 3.63) is 0 Å². The van der Waals surface area contributed by atoms with Gasteiger partial charge >= 0.3 is 6.09 Å². The molecule has 18 heavy (non-hydrogen) atoms. The van der Waals surface area contributed by atoms with Crippen molar-refractivity contribution in [2.24, 2.45) is 0 Å². The van der Waals surface area contributed by atoms with Crippen molar-refractivity contribution in [1.82, 2.24) is 10.2 Å². The van der Waals surface area contributed by atoms with Gasteiger partial charge in [0.25, 0.3) is 0 Å². The van der Waals surface area contributed by atoms with E-state index in [1.165, 1.54) is 0 Å². The van der Waals surface area contributed by atoms with Crippen LogP contribution in [0.25, 0.3) is 0 Å². The number of rotatable bonds is 5. The Hall–Kier alpha value is -0.810. The van der Waals surface area contributed by atoms with Gasteiger partial charge in [0.15, 0.2) is 0 Å². The van der Waals surface area contributed by atoms with Crippen LogP contribution in [0.2, 0.25) is 0 Å². The van der Waals surface area contributed by atoms with Gasteiger partial charge in [0.2, 0.25) is 0 Å². The summed E-state index contributed by atoms with van der Waals surface area (Å²) in [5.74, 6) is 0. The Morgan fingerprint density at radius 3 is 2.78 bits per heavy atom. The summed E-state index contributed by atoms with van der Waals surface area (Å²) in [7, 11) is 1.71. The molecule has 1 atom stereocenters. The highest BCUT2D eigenvalue weighted by molar-refractivity contribution is 5.68. The number of hydrogen-bond donors (Lipinski definition) is 1. The van der Waals surface area contributed by atoms with E-state index in [-0.39, 0.29) is 6.09 Å². The topological polar surface area (TPSA) is 50.8 Å². The van der Waals surface area contributed by atoms with Crippen LogP contribution in [-0.4, -0.2) is 56.0 Å². The second-order valence-corrected chi connectivity index (χ2v) is 5.71. The molecule has 1 saturated heterocycles. The number of ether oxygens (including phenoxy) is 2. The first-order valence-electron chi connectivity index (χ1n) is 6.62. The Labute approximate surface area is 110 Å². The van der Waals surface area contributed by atoms with Crippen LogP contribution in [0.15, 0.2) is 0 Å². The largest absolute Gasteiger partial charge is 0.444 e. The van der Waals surface area contributed by atoms with Crippen LogP contribution in [0.1, 0.15) is 33.6 Å². The number of methoxy groups -OCH3 is 1. The van der Waals surface area contributed by atoms with Crippen molar-refractivity contribution in [3.63, 3.8) is 0 Å². The maximum absolute atomic E-state index is 11.8. The predicted molar refractivity (Wildman–Crippen MR) is 70.7 cm³/mol. The van der Waals surface area contributed by atoms with E-state index in [2.05, 4.69) is 5.32 Å². The number of hydrogen-bond acceptors (Lipinski definition) is 4. The normalized spacial score (nSPS) is 20.2. The van der Waals surface area contributed by atoms with Crippen LogP contribution >= 0.6 is 0 Å². The number of carbonyl (C=O) groups is 1. The summed E-state index contributed by atoms with van der Waals surface area (Å²) in [6.45, 7) is 8.89. The lowest BCUT2D eigenvalue weighted by molar-refractivity contribution is 0.0291. The molecular weight excluding hydrogens is 232 g/mol. The van der Waals surface area contributed by atoms with Crippen LogP contribution in [0.5, 0.6) is 0 Å². The maximum Gasteiger partial charge on any atom is 0.410 e. The van der Waals surface area contributed by atoms with Gasteiger partial charge in [-0.1, -0.05) is 0 Å². The molecule has 5 nitrogen and oxygen atoms in total. The predicted octanol–water partition coefficient (Wildman–Crippen LogP) is 1.62. The highest BCUT2D eigenvalue weighted by Crippen LogP contribution is 2.15. The van der Waals surface area contributed by atoms with Gasteiger partial charge in [-0.05, 0) is 40.2 Å². The zero-order chi connectivity index (χ0) is 13.6. The zero-order valence-electron chi connectivity index (χ0n) is 12.0. The highest BCUT2D eigenvalue weighted by Gasteiger charge is 2.29. The molecule has 0 saturated carbocycles. The summed E-state index contributed by atoms with van der Waals surface area (Å²) in [4.78, 5) is 13.6. The van der Waals surface area contributed by atoms with Crippen molar-refractivity contribution < 1.29 is 14.3 Å². The lowest BCUT2D eigenvalue weighted by atomic mass is 10.2. The molecule has 0 aromatic carbocycles. The fraction of sp³-hybridized carbons (Fsp3) is 0.923. The van der Waals surface area contributed by atoms with E-state index in [1.807, 2.05) is 20.8 Å². The fourth-order valence-corrected chi connectivity index (χ4v) is 1.94. The van der Waals surface area contributed by atoms with Gasteiger partial charge in [-0.15, -0.1) is 0 Å². The van der Waals surface area contributed by atoms with Gasteiger partial charge in [-0.25, -0.2) is 4.79 Å². The van der Waals surface area contributed by atoms with Gasteiger partial charge in [-0.3, -0.25) is 0 Å². The summed E-state index contributed by atoms with van der Waals surface area (Å²) in [5, 5.41) is 3.43. The number of nitrogens with zero attached hydrogens (tertiary/aromatic N) is 1. The van der Waals surface area contributed by atoms with E-state index in [4.69, 9.17) is 9.47 Å². The van der Waals surface area contributed by atoms with E-state index < -0.39 is 5.60 Å². The van der Waals surface area contributed by atoms with Crippen LogP contribution in [0.3, 0.4) is 0 Å². The monoisotopic (exact) mass is 258 g/mol. The number of likely N-dealkylation sites (tertiary alicyclic amines) is 1. The molecule has 1 rings (SSSR count).